The van der Waals surface area contributed by atoms with Gasteiger partial charge in [0.1, 0.15) is 6.61 Å². The second-order valence-corrected chi connectivity index (χ2v) is 5.91. The van der Waals surface area contributed by atoms with Crippen LogP contribution in [0.5, 0.6) is 0 Å². The maximum absolute atomic E-state index is 11.8. The van der Waals surface area contributed by atoms with Gasteiger partial charge >= 0.3 is 5.97 Å². The lowest BCUT2D eigenvalue weighted by Gasteiger charge is -2.11. The van der Waals surface area contributed by atoms with Crippen LogP contribution in [0.3, 0.4) is 0 Å². The molecule has 8 nitrogen and oxygen atoms in total. The highest BCUT2D eigenvalue weighted by molar-refractivity contribution is 7.80. The lowest BCUT2D eigenvalue weighted by atomic mass is 10.1. The van der Waals surface area contributed by atoms with E-state index in [2.05, 4.69) is 16.2 Å². The number of rotatable bonds is 8. The molecule has 3 N–H and O–H groups in total. The Balaban J connectivity index is 2.20. The number of esters is 1. The lowest BCUT2D eigenvalue weighted by Crippen LogP contribution is -2.48. The molecule has 0 atom stereocenters. The van der Waals surface area contributed by atoms with Gasteiger partial charge in [-0.1, -0.05) is 23.7 Å². The van der Waals surface area contributed by atoms with E-state index in [0.29, 0.717) is 11.6 Å². The summed E-state index contributed by atoms with van der Waals surface area (Å²) in [7, 11) is 1.49. The molecule has 26 heavy (non-hydrogen) atoms. The Hall–Kier alpha value is -2.23. The maximum Gasteiger partial charge on any atom is 0.306 e. The van der Waals surface area contributed by atoms with Gasteiger partial charge in [0, 0.05) is 18.6 Å². The van der Waals surface area contributed by atoms with Crippen molar-refractivity contribution < 1.29 is 23.9 Å². The molecule has 0 radical (unpaired) electrons. The minimum atomic E-state index is -0.507. The molecule has 0 aliphatic carbocycles. The Morgan fingerprint density at radius 3 is 2.38 bits per heavy atom. The fourth-order valence-electron chi connectivity index (χ4n) is 1.71. The van der Waals surface area contributed by atoms with Gasteiger partial charge in [-0.2, -0.15) is 0 Å². The average molecular weight is 402 g/mol. The number of hydrogen-bond donors (Lipinski definition) is 3. The summed E-state index contributed by atoms with van der Waals surface area (Å²) in [5.74, 6) is -1.32. The number of amides is 2. The molecule has 0 unspecified atom stereocenters. The molecule has 1 aromatic carbocycles. The summed E-state index contributed by atoms with van der Waals surface area (Å²) in [6.45, 7) is 0.429. The topological polar surface area (TPSA) is 106 Å². The highest BCUT2D eigenvalue weighted by atomic mass is 35.5. The van der Waals surface area contributed by atoms with Crippen molar-refractivity contribution in [3.63, 3.8) is 0 Å². The third kappa shape index (κ3) is 9.92. The highest BCUT2D eigenvalue weighted by Gasteiger charge is 2.10. The largest absolute Gasteiger partial charge is 0.463 e. The van der Waals surface area contributed by atoms with Gasteiger partial charge in [0.15, 0.2) is 5.11 Å². The third-order valence-electron chi connectivity index (χ3n) is 2.95. The third-order valence-corrected chi connectivity index (χ3v) is 3.41. The van der Waals surface area contributed by atoms with Gasteiger partial charge in [-0.3, -0.25) is 25.2 Å². The van der Waals surface area contributed by atoms with Gasteiger partial charge in [0.05, 0.1) is 19.4 Å². The second-order valence-electron chi connectivity index (χ2n) is 5.07. The van der Waals surface area contributed by atoms with E-state index in [9.17, 15) is 14.4 Å². The number of thiocarbonyl (C=S) groups is 1. The molecule has 0 spiro atoms. The zero-order valence-corrected chi connectivity index (χ0v) is 15.7. The van der Waals surface area contributed by atoms with Crippen LogP contribution in [0.1, 0.15) is 18.4 Å². The van der Waals surface area contributed by atoms with Crippen molar-refractivity contribution >= 4 is 46.7 Å². The molecule has 0 saturated heterocycles. The van der Waals surface area contributed by atoms with Crippen LogP contribution in [0.4, 0.5) is 0 Å². The zero-order chi connectivity index (χ0) is 19.4. The van der Waals surface area contributed by atoms with E-state index in [0.717, 1.165) is 5.56 Å². The molecule has 0 aliphatic heterocycles. The van der Waals surface area contributed by atoms with E-state index in [-0.39, 0.29) is 36.9 Å². The Labute approximate surface area is 161 Å². The van der Waals surface area contributed by atoms with Gasteiger partial charge < -0.3 is 14.8 Å². The Morgan fingerprint density at radius 1 is 1.04 bits per heavy atom. The summed E-state index contributed by atoms with van der Waals surface area (Å²) in [5, 5.41) is 2.85. The standard InChI is InChI=1S/C16H20ClN3O5S/c1-24-8-9-25-15(23)7-6-13(21)18-16(26)20-19-14(22)10-11-2-4-12(17)5-3-11/h2-5H,6-10H2,1H3,(H,19,22)(H2,18,20,21,26). The average Bonchev–Trinajstić information content (AvgIpc) is 2.60. The predicted molar refractivity (Wildman–Crippen MR) is 99.2 cm³/mol. The van der Waals surface area contributed by atoms with E-state index in [4.69, 9.17) is 33.3 Å². The van der Waals surface area contributed by atoms with E-state index in [1.807, 2.05) is 0 Å². The molecule has 0 aromatic heterocycles. The summed E-state index contributed by atoms with van der Waals surface area (Å²) >= 11 is 10.7. The summed E-state index contributed by atoms with van der Waals surface area (Å²) in [6, 6.07) is 6.83. The molecule has 0 fully saturated rings. The van der Waals surface area contributed by atoms with Crippen molar-refractivity contribution in [1.29, 1.82) is 0 Å². The molecule has 1 rings (SSSR count). The van der Waals surface area contributed by atoms with E-state index < -0.39 is 11.9 Å². The molecular weight excluding hydrogens is 382 g/mol. The number of nitrogens with one attached hydrogen (secondary N) is 3. The summed E-state index contributed by atoms with van der Waals surface area (Å²) in [5.41, 5.74) is 5.56. The van der Waals surface area contributed by atoms with Crippen LogP contribution in [0.2, 0.25) is 5.02 Å². The van der Waals surface area contributed by atoms with Gasteiger partial charge in [0.25, 0.3) is 0 Å². The minimum Gasteiger partial charge on any atom is -0.463 e. The van der Waals surface area contributed by atoms with Gasteiger partial charge in [0.2, 0.25) is 11.8 Å². The van der Waals surface area contributed by atoms with Crippen molar-refractivity contribution in [2.45, 2.75) is 19.3 Å². The maximum atomic E-state index is 11.8. The number of benzene rings is 1. The molecule has 0 aliphatic rings. The first kappa shape index (κ1) is 21.8. The number of hydrogen-bond acceptors (Lipinski definition) is 6. The van der Waals surface area contributed by atoms with Crippen molar-refractivity contribution in [2.75, 3.05) is 20.3 Å². The van der Waals surface area contributed by atoms with Crippen molar-refractivity contribution in [3.05, 3.63) is 34.9 Å². The number of halogens is 1. The molecule has 0 bridgehead atoms. The molecule has 10 heteroatoms. The first-order chi connectivity index (χ1) is 12.4. The van der Waals surface area contributed by atoms with Crippen LogP contribution in [0.25, 0.3) is 0 Å². The summed E-state index contributed by atoms with van der Waals surface area (Å²) < 4.78 is 9.56. The smallest absolute Gasteiger partial charge is 0.306 e. The van der Waals surface area contributed by atoms with Crippen LogP contribution in [0, 0.1) is 0 Å². The Morgan fingerprint density at radius 2 is 1.73 bits per heavy atom. The van der Waals surface area contributed by atoms with Crippen molar-refractivity contribution in [1.82, 2.24) is 16.2 Å². The fourth-order valence-corrected chi connectivity index (χ4v) is 2.00. The van der Waals surface area contributed by atoms with Crippen molar-refractivity contribution in [2.24, 2.45) is 0 Å². The Bertz CT molecular complexity index is 639. The number of carbonyl (C=O) groups is 3. The van der Waals surface area contributed by atoms with Crippen LogP contribution in [-0.4, -0.2) is 43.2 Å². The first-order valence-corrected chi connectivity index (χ1v) is 8.47. The highest BCUT2D eigenvalue weighted by Crippen LogP contribution is 2.09. The number of methoxy groups -OCH3 is 1. The van der Waals surface area contributed by atoms with Crippen molar-refractivity contribution in [3.8, 4) is 0 Å². The van der Waals surface area contributed by atoms with Gasteiger partial charge in [-0.05, 0) is 29.9 Å². The summed E-state index contributed by atoms with van der Waals surface area (Å²) in [4.78, 5) is 34.8. The Kier molecular flexibility index (Phi) is 10.2. The second kappa shape index (κ2) is 12.2. The lowest BCUT2D eigenvalue weighted by molar-refractivity contribution is -0.146. The number of ether oxygens (including phenoxy) is 2. The zero-order valence-electron chi connectivity index (χ0n) is 14.2. The molecule has 2 amide bonds. The normalized spacial score (nSPS) is 9.92. The summed E-state index contributed by atoms with van der Waals surface area (Å²) in [6.07, 6.45) is -0.0541. The predicted octanol–water partition coefficient (Wildman–Crippen LogP) is 0.874. The van der Waals surface area contributed by atoms with Gasteiger partial charge in [-0.25, -0.2) is 0 Å². The minimum absolute atomic E-state index is 0.0767. The monoisotopic (exact) mass is 401 g/mol. The van der Waals surface area contributed by atoms with Crippen LogP contribution < -0.4 is 16.2 Å². The van der Waals surface area contributed by atoms with Crippen LogP contribution in [-0.2, 0) is 30.3 Å². The molecule has 0 heterocycles. The SMILES string of the molecule is COCCOC(=O)CCC(=O)NC(=S)NNC(=O)Cc1ccc(Cl)cc1. The fraction of sp³-hybridized carbons (Fsp3) is 0.375. The molecule has 0 saturated carbocycles. The molecule has 142 valence electrons. The molecular formula is C16H20ClN3O5S. The van der Waals surface area contributed by atoms with E-state index in [1.165, 1.54) is 7.11 Å². The van der Waals surface area contributed by atoms with Gasteiger partial charge in [-0.15, -0.1) is 0 Å². The number of hydrazine groups is 1. The van der Waals surface area contributed by atoms with Crippen LogP contribution >= 0.6 is 23.8 Å². The molecule has 1 aromatic rings. The van der Waals surface area contributed by atoms with Crippen LogP contribution in [0.15, 0.2) is 24.3 Å². The number of carbonyl (C=O) groups excluding carboxylic acids is 3. The van der Waals surface area contributed by atoms with E-state index >= 15 is 0 Å². The quantitative estimate of drug-likeness (QED) is 0.257. The van der Waals surface area contributed by atoms with E-state index in [1.54, 1.807) is 24.3 Å². The first-order valence-electron chi connectivity index (χ1n) is 7.68.